The van der Waals surface area contributed by atoms with Crippen molar-refractivity contribution in [2.24, 2.45) is 23.7 Å². The minimum atomic E-state index is -0.742. The summed E-state index contributed by atoms with van der Waals surface area (Å²) in [7, 11) is 2.83. The van der Waals surface area contributed by atoms with Gasteiger partial charge in [-0.25, -0.2) is 23.9 Å². The number of halogens is 1. The van der Waals surface area contributed by atoms with Gasteiger partial charge in [-0.2, -0.15) is 0 Å². The first-order valence-electron chi connectivity index (χ1n) is 21.8. The van der Waals surface area contributed by atoms with Crippen LogP contribution in [0, 0.1) is 29.5 Å². The highest BCUT2D eigenvalue weighted by Crippen LogP contribution is 2.55. The number of amides is 5. The van der Waals surface area contributed by atoms with E-state index in [0.717, 1.165) is 58.9 Å². The molecule has 5 aromatic rings. The zero-order valence-electron chi connectivity index (χ0n) is 35.2. The van der Waals surface area contributed by atoms with Crippen molar-refractivity contribution < 1.29 is 33.0 Å². The normalized spacial score (nSPS) is 25.1. The molecule has 0 spiro atoms. The average Bonchev–Trinajstić information content (AvgIpc) is 3.90. The Kier molecular flexibility index (Phi) is 10.1. The van der Waals surface area contributed by atoms with Gasteiger partial charge in [-0.1, -0.05) is 38.1 Å². The number of fused-ring (bicyclic) bond motifs is 5. The molecule has 324 valence electrons. The summed E-state index contributed by atoms with van der Waals surface area (Å²) in [6.45, 7) is 4.90. The van der Waals surface area contributed by atoms with E-state index in [9.17, 15) is 19.2 Å². The molecule has 5 N–H and O–H groups in total. The number of alkyl carbamates (subject to hydrolysis) is 1. The van der Waals surface area contributed by atoms with E-state index in [1.165, 1.54) is 13.2 Å². The number of aromatic amines is 2. The second-order valence-corrected chi connectivity index (χ2v) is 18.0. The van der Waals surface area contributed by atoms with Crippen molar-refractivity contribution >= 4 is 45.7 Å². The third kappa shape index (κ3) is 7.11. The molecular weight excluding hydrogens is 794 g/mol. The zero-order chi connectivity index (χ0) is 43.0. The maximum atomic E-state index is 16.0. The summed E-state index contributed by atoms with van der Waals surface area (Å²) in [6.07, 6.45) is 5.81. The van der Waals surface area contributed by atoms with Gasteiger partial charge in [0.2, 0.25) is 11.8 Å². The van der Waals surface area contributed by atoms with E-state index in [1.807, 2.05) is 60.0 Å². The van der Waals surface area contributed by atoms with E-state index in [1.54, 1.807) is 19.3 Å². The van der Waals surface area contributed by atoms with Gasteiger partial charge in [0.15, 0.2) is 0 Å². The second kappa shape index (κ2) is 15.7. The number of benzene rings is 3. The van der Waals surface area contributed by atoms with Crippen molar-refractivity contribution in [2.75, 3.05) is 27.4 Å². The van der Waals surface area contributed by atoms with Gasteiger partial charge in [0.05, 0.1) is 42.1 Å². The molecule has 0 radical (unpaired) electrons. The van der Waals surface area contributed by atoms with Crippen LogP contribution in [0.5, 0.6) is 0 Å². The number of carbonyl (C=O) groups is 4. The highest BCUT2D eigenvalue weighted by atomic mass is 19.1. The Morgan fingerprint density at radius 2 is 1.55 bits per heavy atom. The van der Waals surface area contributed by atoms with Crippen LogP contribution in [0.4, 0.5) is 14.0 Å². The largest absolute Gasteiger partial charge is 0.453 e. The van der Waals surface area contributed by atoms with Gasteiger partial charge in [0, 0.05) is 43.3 Å². The first-order chi connectivity index (χ1) is 30.0. The summed E-state index contributed by atoms with van der Waals surface area (Å²) >= 11 is 0. The standard InChI is InChI=1S/C46H52FN9O6/c1-22(2)38(54-46(60)61-4)43(57)55-34-17-27(34)19-36(55)41-49-21-33(51-41)30-9-6-25(16-31(30)47)24-5-8-29-26(15-24)7-10-32-40(29)52-42(50-32)37-20-28-18-35(28)56(37)44(58)39(53-45(59)48-3)23-11-13-62-14-12-23/h5-10,15-16,21-23,27-28,34-39H,11-14,17-20H2,1-4H3,(H,49,51)(H,50,52)(H,54,60)(H2,48,53,59)/t27-,28-,34-,35-,36+,37+,38+,39+/m1/s1. The SMILES string of the molecule is CNC(=O)N[C@H](C(=O)N1[C@@H]2C[C@@H]2C[C@H]1c1nc2c(ccc3cc(-c4ccc(-c5cnc([C@@H]6C[C@H]7C[C@H]7N6C(=O)[C@@H](NC(=O)OC)C(C)C)[nH]5)c(F)c4)ccc32)[nH]1)C1CCOCC1. The Labute approximate surface area is 357 Å². The monoisotopic (exact) mass is 845 g/mol. The molecule has 3 aliphatic heterocycles. The number of imidazole rings is 2. The molecule has 16 heteroatoms. The van der Waals surface area contributed by atoms with Crippen LogP contribution in [0.3, 0.4) is 0 Å². The number of nitrogens with zero attached hydrogens (tertiary/aromatic N) is 4. The van der Waals surface area contributed by atoms with Crippen LogP contribution in [-0.2, 0) is 19.1 Å². The first kappa shape index (κ1) is 40.1. The zero-order valence-corrected chi connectivity index (χ0v) is 35.2. The third-order valence-corrected chi connectivity index (χ3v) is 13.9. The average molecular weight is 846 g/mol. The molecule has 5 heterocycles. The number of piperidine rings is 2. The number of rotatable bonds is 10. The van der Waals surface area contributed by atoms with Gasteiger partial charge >= 0.3 is 12.1 Å². The van der Waals surface area contributed by atoms with Crippen molar-refractivity contribution in [3.8, 4) is 22.4 Å². The number of ether oxygens (including phenoxy) is 2. The number of nitrogens with one attached hydrogen (secondary N) is 5. The van der Waals surface area contributed by atoms with Gasteiger partial charge in [-0.3, -0.25) is 9.59 Å². The summed E-state index contributed by atoms with van der Waals surface area (Å²) in [4.78, 5) is 73.2. The van der Waals surface area contributed by atoms with Gasteiger partial charge in [0.25, 0.3) is 0 Å². The number of aromatic nitrogens is 4. The Balaban J connectivity index is 0.875. The number of methoxy groups -OCH3 is 1. The van der Waals surface area contributed by atoms with E-state index in [2.05, 4.69) is 30.9 Å². The molecule has 0 unspecified atom stereocenters. The van der Waals surface area contributed by atoms with E-state index >= 15 is 4.39 Å². The van der Waals surface area contributed by atoms with Crippen LogP contribution in [0.2, 0.25) is 0 Å². The van der Waals surface area contributed by atoms with Gasteiger partial charge in [-0.05, 0) is 103 Å². The van der Waals surface area contributed by atoms with Crippen LogP contribution < -0.4 is 16.0 Å². The van der Waals surface area contributed by atoms with Crippen LogP contribution in [0.15, 0.2) is 54.7 Å². The molecule has 5 aliphatic rings. The number of hydrogen-bond donors (Lipinski definition) is 5. The van der Waals surface area contributed by atoms with Gasteiger partial charge in [0.1, 0.15) is 29.5 Å². The Morgan fingerprint density at radius 3 is 2.24 bits per heavy atom. The Morgan fingerprint density at radius 1 is 0.855 bits per heavy atom. The van der Waals surface area contributed by atoms with Crippen molar-refractivity contribution in [1.82, 2.24) is 45.7 Å². The van der Waals surface area contributed by atoms with E-state index in [-0.39, 0.29) is 53.8 Å². The highest BCUT2D eigenvalue weighted by Gasteiger charge is 2.57. The van der Waals surface area contributed by atoms with Crippen molar-refractivity contribution in [2.45, 2.75) is 88.6 Å². The van der Waals surface area contributed by atoms with Crippen molar-refractivity contribution in [3.63, 3.8) is 0 Å². The predicted octanol–water partition coefficient (Wildman–Crippen LogP) is 6.34. The number of H-pyrrole nitrogens is 2. The lowest BCUT2D eigenvalue weighted by Crippen LogP contribution is -2.55. The lowest BCUT2D eigenvalue weighted by molar-refractivity contribution is -0.138. The lowest BCUT2D eigenvalue weighted by atomic mass is 9.90. The van der Waals surface area contributed by atoms with Gasteiger partial charge < -0.3 is 45.2 Å². The predicted molar refractivity (Wildman–Crippen MR) is 228 cm³/mol. The molecule has 3 aromatic carbocycles. The molecule has 2 aliphatic carbocycles. The van der Waals surface area contributed by atoms with Crippen LogP contribution in [0.25, 0.3) is 44.2 Å². The quantitative estimate of drug-likeness (QED) is 0.108. The highest BCUT2D eigenvalue weighted by molar-refractivity contribution is 6.05. The topological polar surface area (TPSA) is 187 Å². The summed E-state index contributed by atoms with van der Waals surface area (Å²) in [6, 6.07) is 13.1. The Bertz CT molecular complexity index is 2590. The summed E-state index contributed by atoms with van der Waals surface area (Å²) in [5.41, 5.74) is 4.11. The minimum absolute atomic E-state index is 0.0105. The van der Waals surface area contributed by atoms with Crippen molar-refractivity contribution in [1.29, 1.82) is 0 Å². The minimum Gasteiger partial charge on any atom is -0.453 e. The van der Waals surface area contributed by atoms with E-state index < -0.39 is 24.0 Å². The number of likely N-dealkylation sites (tertiary alicyclic amines) is 2. The number of carbonyl (C=O) groups excluding carboxylic acids is 4. The second-order valence-electron chi connectivity index (χ2n) is 18.0. The fourth-order valence-electron chi connectivity index (χ4n) is 10.4. The number of urea groups is 1. The fourth-order valence-corrected chi connectivity index (χ4v) is 10.4. The fraction of sp³-hybridized carbons (Fsp3) is 0.478. The maximum absolute atomic E-state index is 16.0. The third-order valence-electron chi connectivity index (χ3n) is 13.9. The molecule has 15 nitrogen and oxygen atoms in total. The molecule has 5 fully saturated rings. The van der Waals surface area contributed by atoms with E-state index in [0.29, 0.717) is 60.5 Å². The summed E-state index contributed by atoms with van der Waals surface area (Å²) in [5.74, 6) is 1.30. The molecular formula is C46H52FN9O6. The summed E-state index contributed by atoms with van der Waals surface area (Å²) in [5, 5.41) is 10.2. The smallest absolute Gasteiger partial charge is 0.407 e. The first-order valence-corrected chi connectivity index (χ1v) is 21.8. The molecule has 2 saturated carbocycles. The van der Waals surface area contributed by atoms with Crippen LogP contribution in [-0.4, -0.2) is 105 Å². The molecule has 10 rings (SSSR count). The summed E-state index contributed by atoms with van der Waals surface area (Å²) < 4.78 is 26.4. The van der Waals surface area contributed by atoms with E-state index in [4.69, 9.17) is 14.5 Å². The molecule has 8 atom stereocenters. The number of hydrogen-bond acceptors (Lipinski definition) is 8. The van der Waals surface area contributed by atoms with Crippen LogP contribution >= 0.6 is 0 Å². The molecule has 62 heavy (non-hydrogen) atoms. The lowest BCUT2D eigenvalue weighted by Gasteiger charge is -2.35. The van der Waals surface area contributed by atoms with Gasteiger partial charge in [-0.15, -0.1) is 0 Å². The molecule has 2 aromatic heterocycles. The molecule has 3 saturated heterocycles. The molecule has 5 amide bonds. The van der Waals surface area contributed by atoms with Crippen LogP contribution in [0.1, 0.15) is 76.1 Å². The van der Waals surface area contributed by atoms with Crippen molar-refractivity contribution in [3.05, 3.63) is 72.2 Å². The Hall–Kier alpha value is -6.03. The molecule has 0 bridgehead atoms. The maximum Gasteiger partial charge on any atom is 0.407 e.